The normalized spacial score (nSPS) is 17.0. The number of aromatic nitrogens is 4. The zero-order valence-electron chi connectivity index (χ0n) is 15.9. The lowest BCUT2D eigenvalue weighted by Crippen LogP contribution is -2.38. The summed E-state index contributed by atoms with van der Waals surface area (Å²) >= 11 is 0. The van der Waals surface area contributed by atoms with Crippen molar-refractivity contribution >= 4 is 17.8 Å². The van der Waals surface area contributed by atoms with E-state index in [0.717, 1.165) is 44.6 Å². The van der Waals surface area contributed by atoms with Crippen LogP contribution in [0.2, 0.25) is 0 Å². The minimum Gasteiger partial charge on any atom is -0.378 e. The van der Waals surface area contributed by atoms with Gasteiger partial charge in [0.05, 0.1) is 26.2 Å². The first-order valence-electron chi connectivity index (χ1n) is 9.76. The van der Waals surface area contributed by atoms with Crippen LogP contribution < -0.4 is 15.1 Å². The van der Waals surface area contributed by atoms with E-state index < -0.39 is 0 Å². The number of nitrogens with one attached hydrogen (secondary N) is 1. The summed E-state index contributed by atoms with van der Waals surface area (Å²) in [7, 11) is 0. The number of carbonyl (C=O) groups is 1. The Morgan fingerprint density at radius 1 is 1.04 bits per heavy atom. The number of hydrogen-bond acceptors (Lipinski definition) is 8. The highest BCUT2D eigenvalue weighted by Gasteiger charge is 2.21. The Bertz CT molecular complexity index is 790. The van der Waals surface area contributed by atoms with Crippen LogP contribution in [0.4, 0.5) is 11.9 Å². The molecule has 9 heteroatoms. The SMILES string of the molecule is O=C(Cc1cccnc1)NCc1nc(N2CCCC2)nc(N2CCOCC2)n1. The van der Waals surface area contributed by atoms with Gasteiger partial charge in [-0.1, -0.05) is 6.07 Å². The van der Waals surface area contributed by atoms with Crippen molar-refractivity contribution in [2.24, 2.45) is 0 Å². The molecule has 2 fully saturated rings. The van der Waals surface area contributed by atoms with Crippen LogP contribution in [0.25, 0.3) is 0 Å². The molecule has 2 aliphatic rings. The van der Waals surface area contributed by atoms with Gasteiger partial charge >= 0.3 is 0 Å². The largest absolute Gasteiger partial charge is 0.378 e. The Morgan fingerprint density at radius 2 is 1.75 bits per heavy atom. The van der Waals surface area contributed by atoms with Crippen LogP contribution in [-0.4, -0.2) is 65.2 Å². The summed E-state index contributed by atoms with van der Waals surface area (Å²) in [5.41, 5.74) is 0.877. The molecule has 0 aliphatic carbocycles. The Kier molecular flexibility index (Phi) is 5.91. The number of rotatable bonds is 6. The average molecular weight is 383 g/mol. The van der Waals surface area contributed by atoms with E-state index in [2.05, 4.69) is 35.1 Å². The van der Waals surface area contributed by atoms with E-state index in [9.17, 15) is 4.79 Å². The minimum absolute atomic E-state index is 0.0796. The third-order valence-electron chi connectivity index (χ3n) is 4.87. The van der Waals surface area contributed by atoms with Crippen LogP contribution >= 0.6 is 0 Å². The lowest BCUT2D eigenvalue weighted by atomic mass is 10.2. The third-order valence-corrected chi connectivity index (χ3v) is 4.87. The van der Waals surface area contributed by atoms with Gasteiger partial charge < -0.3 is 19.9 Å². The van der Waals surface area contributed by atoms with Gasteiger partial charge in [-0.15, -0.1) is 0 Å². The smallest absolute Gasteiger partial charge is 0.230 e. The fourth-order valence-corrected chi connectivity index (χ4v) is 3.37. The first-order valence-corrected chi connectivity index (χ1v) is 9.76. The van der Waals surface area contributed by atoms with Crippen molar-refractivity contribution in [3.05, 3.63) is 35.9 Å². The highest BCUT2D eigenvalue weighted by atomic mass is 16.5. The van der Waals surface area contributed by atoms with E-state index in [1.807, 2.05) is 12.1 Å². The minimum atomic E-state index is -0.0796. The van der Waals surface area contributed by atoms with Gasteiger partial charge in [-0.25, -0.2) is 0 Å². The number of carbonyl (C=O) groups excluding carboxylic acids is 1. The van der Waals surface area contributed by atoms with Gasteiger partial charge in [0.25, 0.3) is 0 Å². The van der Waals surface area contributed by atoms with Crippen molar-refractivity contribution in [3.63, 3.8) is 0 Å². The molecule has 0 radical (unpaired) electrons. The number of morpholine rings is 1. The molecule has 0 saturated carbocycles. The number of anilines is 2. The lowest BCUT2D eigenvalue weighted by Gasteiger charge is -2.28. The summed E-state index contributed by atoms with van der Waals surface area (Å²) in [5, 5.41) is 2.91. The standard InChI is InChI=1S/C19H25N7O2/c27-17(12-15-4-3-5-20-13-15)21-14-16-22-18(25-6-1-2-7-25)24-19(23-16)26-8-10-28-11-9-26/h3-5,13H,1-2,6-12,14H2,(H,21,27). The molecule has 0 spiro atoms. The zero-order valence-corrected chi connectivity index (χ0v) is 15.9. The molecule has 0 aromatic carbocycles. The van der Waals surface area contributed by atoms with Crippen molar-refractivity contribution < 1.29 is 9.53 Å². The summed E-state index contributed by atoms with van der Waals surface area (Å²) in [6.07, 6.45) is 5.98. The molecule has 2 saturated heterocycles. The summed E-state index contributed by atoms with van der Waals surface area (Å²) in [6, 6.07) is 3.71. The van der Waals surface area contributed by atoms with E-state index in [1.54, 1.807) is 12.4 Å². The number of nitrogens with zero attached hydrogens (tertiary/aromatic N) is 6. The van der Waals surface area contributed by atoms with Crippen LogP contribution in [-0.2, 0) is 22.5 Å². The van der Waals surface area contributed by atoms with Crippen LogP contribution in [0.15, 0.2) is 24.5 Å². The number of hydrogen-bond donors (Lipinski definition) is 1. The fourth-order valence-electron chi connectivity index (χ4n) is 3.37. The van der Waals surface area contributed by atoms with Gasteiger partial charge in [-0.05, 0) is 24.5 Å². The summed E-state index contributed by atoms with van der Waals surface area (Å²) in [6.45, 7) is 5.05. The maximum atomic E-state index is 12.3. The molecule has 9 nitrogen and oxygen atoms in total. The predicted molar refractivity (Wildman–Crippen MR) is 104 cm³/mol. The molecule has 0 bridgehead atoms. The van der Waals surface area contributed by atoms with Crippen molar-refractivity contribution in [2.45, 2.75) is 25.8 Å². The van der Waals surface area contributed by atoms with Gasteiger partial charge in [0.1, 0.15) is 0 Å². The van der Waals surface area contributed by atoms with Crippen molar-refractivity contribution in [1.82, 2.24) is 25.3 Å². The Hall–Kier alpha value is -2.81. The molecule has 2 aliphatic heterocycles. The maximum Gasteiger partial charge on any atom is 0.230 e. The van der Waals surface area contributed by atoms with Gasteiger partial charge in [-0.2, -0.15) is 15.0 Å². The Morgan fingerprint density at radius 3 is 2.43 bits per heavy atom. The first-order chi connectivity index (χ1) is 13.8. The van der Waals surface area contributed by atoms with Crippen LogP contribution in [0, 0.1) is 0 Å². The van der Waals surface area contributed by atoms with Crippen LogP contribution in [0.5, 0.6) is 0 Å². The summed E-state index contributed by atoms with van der Waals surface area (Å²) in [4.78, 5) is 34.5. The second kappa shape index (κ2) is 8.92. The van der Waals surface area contributed by atoms with E-state index in [0.29, 0.717) is 30.9 Å². The molecule has 0 unspecified atom stereocenters. The molecule has 4 rings (SSSR count). The van der Waals surface area contributed by atoms with E-state index >= 15 is 0 Å². The monoisotopic (exact) mass is 383 g/mol. The molecule has 2 aromatic heterocycles. The van der Waals surface area contributed by atoms with Gasteiger partial charge in [0, 0.05) is 38.6 Å². The van der Waals surface area contributed by atoms with Crippen molar-refractivity contribution in [3.8, 4) is 0 Å². The molecule has 4 heterocycles. The highest BCUT2D eigenvalue weighted by Crippen LogP contribution is 2.19. The average Bonchev–Trinajstić information content (AvgIpc) is 3.28. The Labute approximate surface area is 164 Å². The predicted octanol–water partition coefficient (Wildman–Crippen LogP) is 0.562. The summed E-state index contributed by atoms with van der Waals surface area (Å²) < 4.78 is 5.43. The second-order valence-corrected chi connectivity index (χ2v) is 6.96. The lowest BCUT2D eigenvalue weighted by molar-refractivity contribution is -0.120. The molecular weight excluding hydrogens is 358 g/mol. The van der Waals surface area contributed by atoms with Gasteiger partial charge in [0.15, 0.2) is 5.82 Å². The van der Waals surface area contributed by atoms with Crippen molar-refractivity contribution in [2.75, 3.05) is 49.2 Å². The number of ether oxygens (including phenoxy) is 1. The molecular formula is C19H25N7O2. The van der Waals surface area contributed by atoms with Crippen molar-refractivity contribution in [1.29, 1.82) is 0 Å². The fraction of sp³-hybridized carbons (Fsp3) is 0.526. The quantitative estimate of drug-likeness (QED) is 0.773. The highest BCUT2D eigenvalue weighted by molar-refractivity contribution is 5.78. The topological polar surface area (TPSA) is 96.4 Å². The summed E-state index contributed by atoms with van der Waals surface area (Å²) in [5.74, 6) is 1.86. The second-order valence-electron chi connectivity index (χ2n) is 6.96. The molecule has 148 valence electrons. The maximum absolute atomic E-state index is 12.3. The number of amides is 1. The van der Waals surface area contributed by atoms with E-state index in [-0.39, 0.29) is 18.9 Å². The zero-order chi connectivity index (χ0) is 19.2. The van der Waals surface area contributed by atoms with Gasteiger partial charge in [-0.3, -0.25) is 9.78 Å². The first kappa shape index (κ1) is 18.5. The molecule has 0 atom stereocenters. The molecule has 28 heavy (non-hydrogen) atoms. The van der Waals surface area contributed by atoms with Crippen LogP contribution in [0.3, 0.4) is 0 Å². The van der Waals surface area contributed by atoms with Gasteiger partial charge in [0.2, 0.25) is 17.8 Å². The third kappa shape index (κ3) is 4.72. The van der Waals surface area contributed by atoms with E-state index in [1.165, 1.54) is 0 Å². The van der Waals surface area contributed by atoms with E-state index in [4.69, 9.17) is 4.74 Å². The number of pyridine rings is 1. The molecule has 1 N–H and O–H groups in total. The Balaban J connectivity index is 1.46. The molecule has 1 amide bonds. The van der Waals surface area contributed by atoms with Crippen LogP contribution in [0.1, 0.15) is 24.2 Å². The molecule has 2 aromatic rings.